The van der Waals surface area contributed by atoms with Gasteiger partial charge in [-0.25, -0.2) is 9.97 Å². The molecule has 0 saturated carbocycles. The molecule has 2 heterocycles. The van der Waals surface area contributed by atoms with E-state index in [4.69, 9.17) is 0 Å². The molecular weight excluding hydrogens is 333 g/mol. The van der Waals surface area contributed by atoms with Crippen molar-refractivity contribution in [2.24, 2.45) is 0 Å². The van der Waals surface area contributed by atoms with Crippen LogP contribution in [0.4, 0.5) is 18.9 Å². The third-order valence-electron chi connectivity index (χ3n) is 3.11. The molecule has 126 valence electrons. The number of imidazole rings is 1. The molecule has 0 spiro atoms. The van der Waals surface area contributed by atoms with Gasteiger partial charge in [0.05, 0.1) is 12.0 Å². The molecule has 1 N–H and O–H groups in total. The Kier molecular flexibility index (Phi) is 4.38. The molecule has 0 aliphatic rings. The Bertz CT molecular complexity index is 813. The van der Waals surface area contributed by atoms with Crippen LogP contribution in [-0.2, 0) is 16.2 Å². The minimum atomic E-state index is -4.78. The lowest BCUT2D eigenvalue weighted by molar-refractivity contribution is -0.140. The molecule has 0 unspecified atom stereocenters. The Labute approximate surface area is 131 Å². The van der Waals surface area contributed by atoms with Gasteiger partial charge in [0.25, 0.3) is 10.0 Å². The minimum Gasteiger partial charge on any atom is -0.334 e. The smallest absolute Gasteiger partial charge is 0.334 e. The normalized spacial score (nSPS) is 12.7. The fraction of sp³-hybridized carbons (Fsp3) is 0.385. The molecule has 2 aromatic rings. The third-order valence-corrected chi connectivity index (χ3v) is 4.35. The summed E-state index contributed by atoms with van der Waals surface area (Å²) >= 11 is 0. The van der Waals surface area contributed by atoms with E-state index in [0.717, 1.165) is 6.20 Å². The van der Waals surface area contributed by atoms with Gasteiger partial charge in [-0.2, -0.15) is 21.6 Å². The summed E-state index contributed by atoms with van der Waals surface area (Å²) in [7, 11) is -4.25. The maximum absolute atomic E-state index is 13.0. The van der Waals surface area contributed by atoms with Crippen LogP contribution < -0.4 is 4.72 Å². The lowest BCUT2D eigenvalue weighted by atomic mass is 10.2. The number of pyridine rings is 1. The summed E-state index contributed by atoms with van der Waals surface area (Å²) in [5.41, 5.74) is -1.78. The van der Waals surface area contributed by atoms with Crippen LogP contribution in [0.15, 0.2) is 29.8 Å². The summed E-state index contributed by atoms with van der Waals surface area (Å²) in [6.07, 6.45) is -1.24. The summed E-state index contributed by atoms with van der Waals surface area (Å²) in [5, 5.41) is -0.359. The number of sulfonamides is 1. The Morgan fingerprint density at radius 3 is 2.43 bits per heavy atom. The standard InChI is InChI=1S/C13H15F3N4O2S/c1-8(2)20-6-10(18-7-20)23(21,22)19-11-9(3)4-5-17-12(11)13(14,15)16/h4-8,19H,1-3H3. The molecule has 2 rings (SSSR count). The molecule has 0 atom stereocenters. The average molecular weight is 348 g/mol. The van der Waals surface area contributed by atoms with E-state index in [0.29, 0.717) is 0 Å². The van der Waals surface area contributed by atoms with Crippen molar-refractivity contribution < 1.29 is 21.6 Å². The van der Waals surface area contributed by atoms with Gasteiger partial charge in [-0.15, -0.1) is 0 Å². The summed E-state index contributed by atoms with van der Waals surface area (Å²) in [4.78, 5) is 6.98. The van der Waals surface area contributed by atoms with Crippen LogP contribution in [0, 0.1) is 6.92 Å². The highest BCUT2D eigenvalue weighted by atomic mass is 32.2. The number of nitrogens with zero attached hydrogens (tertiary/aromatic N) is 3. The Morgan fingerprint density at radius 1 is 1.26 bits per heavy atom. The monoisotopic (exact) mass is 348 g/mol. The summed E-state index contributed by atoms with van der Waals surface area (Å²) in [6, 6.07) is 1.26. The van der Waals surface area contributed by atoms with E-state index in [2.05, 4.69) is 9.97 Å². The molecule has 2 aromatic heterocycles. The van der Waals surface area contributed by atoms with E-state index in [1.807, 2.05) is 18.6 Å². The van der Waals surface area contributed by atoms with Gasteiger partial charge in [0, 0.05) is 18.4 Å². The Morgan fingerprint density at radius 2 is 1.91 bits per heavy atom. The molecule has 0 saturated heterocycles. The number of aryl methyl sites for hydroxylation is 1. The second-order valence-electron chi connectivity index (χ2n) is 5.21. The molecule has 23 heavy (non-hydrogen) atoms. The van der Waals surface area contributed by atoms with Crippen molar-refractivity contribution in [1.82, 2.24) is 14.5 Å². The molecule has 0 radical (unpaired) electrons. The van der Waals surface area contributed by atoms with Gasteiger partial charge in [-0.1, -0.05) is 0 Å². The first kappa shape index (κ1) is 17.3. The SMILES string of the molecule is Cc1ccnc(C(F)(F)F)c1NS(=O)(=O)c1cn(C(C)C)cn1. The van der Waals surface area contributed by atoms with Gasteiger partial charge in [-0.3, -0.25) is 4.72 Å². The van der Waals surface area contributed by atoms with Gasteiger partial charge >= 0.3 is 6.18 Å². The number of rotatable bonds is 4. The maximum atomic E-state index is 13.0. The van der Waals surface area contributed by atoms with Crippen LogP contribution in [-0.4, -0.2) is 23.0 Å². The number of aromatic nitrogens is 3. The topological polar surface area (TPSA) is 76.9 Å². The van der Waals surface area contributed by atoms with Crippen LogP contribution in [0.5, 0.6) is 0 Å². The van der Waals surface area contributed by atoms with Crippen molar-refractivity contribution >= 4 is 15.7 Å². The predicted molar refractivity (Wildman–Crippen MR) is 77.4 cm³/mol. The molecule has 6 nitrogen and oxygen atoms in total. The number of nitrogens with one attached hydrogen (secondary N) is 1. The fourth-order valence-corrected chi connectivity index (χ4v) is 2.90. The van der Waals surface area contributed by atoms with Crippen molar-refractivity contribution in [3.63, 3.8) is 0 Å². The van der Waals surface area contributed by atoms with Gasteiger partial charge < -0.3 is 4.57 Å². The summed E-state index contributed by atoms with van der Waals surface area (Å²) in [5.74, 6) is 0. The molecule has 0 fully saturated rings. The maximum Gasteiger partial charge on any atom is 0.435 e. The zero-order valence-corrected chi connectivity index (χ0v) is 13.4. The zero-order chi connectivity index (χ0) is 17.4. The minimum absolute atomic E-state index is 0.0303. The molecule has 0 amide bonds. The van der Waals surface area contributed by atoms with E-state index in [1.165, 1.54) is 30.1 Å². The first-order valence-corrected chi connectivity index (χ1v) is 8.10. The van der Waals surface area contributed by atoms with E-state index in [9.17, 15) is 21.6 Å². The highest BCUT2D eigenvalue weighted by Gasteiger charge is 2.37. The van der Waals surface area contributed by atoms with Gasteiger partial charge in [-0.05, 0) is 32.4 Å². The van der Waals surface area contributed by atoms with E-state index >= 15 is 0 Å². The van der Waals surface area contributed by atoms with Crippen LogP contribution in [0.3, 0.4) is 0 Å². The van der Waals surface area contributed by atoms with Crippen LogP contribution in [0.2, 0.25) is 0 Å². The number of halogens is 3. The lowest BCUT2D eigenvalue weighted by Gasteiger charge is -2.15. The van der Waals surface area contributed by atoms with Crippen molar-refractivity contribution in [2.45, 2.75) is 38.0 Å². The molecule has 0 aliphatic heterocycles. The van der Waals surface area contributed by atoms with Crippen molar-refractivity contribution in [3.8, 4) is 0 Å². The first-order chi connectivity index (χ1) is 10.5. The van der Waals surface area contributed by atoms with E-state index in [-0.39, 0.29) is 16.6 Å². The van der Waals surface area contributed by atoms with E-state index < -0.39 is 27.6 Å². The summed E-state index contributed by atoms with van der Waals surface area (Å²) < 4.78 is 67.1. The number of anilines is 1. The third kappa shape index (κ3) is 3.63. The van der Waals surface area contributed by atoms with Crippen molar-refractivity contribution in [1.29, 1.82) is 0 Å². The van der Waals surface area contributed by atoms with Crippen molar-refractivity contribution in [3.05, 3.63) is 36.0 Å². The molecule has 0 aliphatic carbocycles. The average Bonchev–Trinajstić information content (AvgIpc) is 2.90. The van der Waals surface area contributed by atoms with E-state index in [1.54, 1.807) is 0 Å². The number of hydrogen-bond acceptors (Lipinski definition) is 4. The number of alkyl halides is 3. The van der Waals surface area contributed by atoms with Crippen molar-refractivity contribution in [2.75, 3.05) is 4.72 Å². The predicted octanol–water partition coefficient (Wildman–Crippen LogP) is 2.99. The van der Waals surface area contributed by atoms with Crippen LogP contribution in [0.1, 0.15) is 31.1 Å². The molecule has 10 heteroatoms. The number of hydrogen-bond donors (Lipinski definition) is 1. The van der Waals surface area contributed by atoms with Crippen LogP contribution >= 0.6 is 0 Å². The second-order valence-corrected chi connectivity index (χ2v) is 6.84. The molecular formula is C13H15F3N4O2S. The van der Waals surface area contributed by atoms with Gasteiger partial charge in [0.2, 0.25) is 0 Å². The highest BCUT2D eigenvalue weighted by molar-refractivity contribution is 7.92. The summed E-state index contributed by atoms with van der Waals surface area (Å²) in [6.45, 7) is 5.00. The second kappa shape index (κ2) is 5.84. The van der Waals surface area contributed by atoms with Crippen LogP contribution in [0.25, 0.3) is 0 Å². The zero-order valence-electron chi connectivity index (χ0n) is 12.6. The fourth-order valence-electron chi connectivity index (χ4n) is 1.83. The lowest BCUT2D eigenvalue weighted by Crippen LogP contribution is -2.19. The Balaban J connectivity index is 2.45. The van der Waals surface area contributed by atoms with Gasteiger partial charge in [0.15, 0.2) is 10.7 Å². The largest absolute Gasteiger partial charge is 0.435 e. The molecule has 0 aromatic carbocycles. The Hall–Kier alpha value is -2.10. The highest BCUT2D eigenvalue weighted by Crippen LogP contribution is 2.35. The van der Waals surface area contributed by atoms with Gasteiger partial charge in [0.1, 0.15) is 0 Å². The molecule has 0 bridgehead atoms. The first-order valence-electron chi connectivity index (χ1n) is 6.61. The quantitative estimate of drug-likeness (QED) is 0.921.